The van der Waals surface area contributed by atoms with Gasteiger partial charge in [0, 0.05) is 10.9 Å². The maximum atomic E-state index is 14.9. The number of nitrogens with zero attached hydrogens (tertiary/aromatic N) is 2. The third-order valence-corrected chi connectivity index (χ3v) is 10.0. The Bertz CT molecular complexity index is 1800. The van der Waals surface area contributed by atoms with Gasteiger partial charge >= 0.3 is 0 Å². The number of imide groups is 2. The van der Waals surface area contributed by atoms with Gasteiger partial charge in [0.15, 0.2) is 11.5 Å². The Labute approximate surface area is 261 Å². The molecule has 4 amide bonds. The molecule has 2 aliphatic carbocycles. The maximum Gasteiger partial charge on any atom is 0.260 e. The lowest BCUT2D eigenvalue weighted by Gasteiger charge is -2.50. The summed E-state index contributed by atoms with van der Waals surface area (Å²) in [5.41, 5.74) is 3.18. The molecule has 0 radical (unpaired) electrons. The Morgan fingerprint density at radius 3 is 2.33 bits per heavy atom. The van der Waals surface area contributed by atoms with E-state index in [9.17, 15) is 33.9 Å². The minimum atomic E-state index is -1.59. The van der Waals surface area contributed by atoms with Crippen molar-refractivity contribution in [2.75, 3.05) is 12.5 Å². The van der Waals surface area contributed by atoms with Crippen molar-refractivity contribution in [1.29, 1.82) is 0 Å². The first kappa shape index (κ1) is 29.0. The molecule has 0 spiro atoms. The van der Waals surface area contributed by atoms with Gasteiger partial charge in [-0.15, -0.1) is 0 Å². The van der Waals surface area contributed by atoms with Crippen LogP contribution in [0.2, 0.25) is 5.02 Å². The van der Waals surface area contributed by atoms with Gasteiger partial charge in [0.1, 0.15) is 5.82 Å². The fraction of sp³-hybridized carbons (Fsp3) is 0.273. The Kier molecular flexibility index (Phi) is 6.72. The van der Waals surface area contributed by atoms with Crippen LogP contribution in [-0.4, -0.2) is 51.1 Å². The van der Waals surface area contributed by atoms with Gasteiger partial charge in [-0.2, -0.15) is 10.1 Å². The summed E-state index contributed by atoms with van der Waals surface area (Å²) < 4.78 is 19.0. The number of anilines is 1. The van der Waals surface area contributed by atoms with E-state index in [-0.39, 0.29) is 29.4 Å². The van der Waals surface area contributed by atoms with E-state index < -0.39 is 64.5 Å². The van der Waals surface area contributed by atoms with Gasteiger partial charge in [-0.05, 0) is 78.4 Å². The topological polar surface area (TPSA) is 136 Å². The number of hydrazine groups is 1. The minimum absolute atomic E-state index is 0.0211. The van der Waals surface area contributed by atoms with Crippen molar-refractivity contribution in [3.05, 3.63) is 100 Å². The second-order valence-corrected chi connectivity index (χ2v) is 12.2. The second kappa shape index (κ2) is 10.4. The standard InChI is InChI=1S/C33H27ClFN3O7/c1-45-26-13-2-16(14-25(26)39)28-21-11-12-22-27(31(42)38(44)29(22)40)23(21)15-24-30(41)37(36-20-9-7-19(35)8-10-20)32(43)33(24,28)17-3-5-18(34)6-4-17/h2-11,13-14,22-24,27-28,36,39,44H,12,15H2,1H3/t22-,23+,24-,27-,28-,33+/m0/s1. The molecule has 45 heavy (non-hydrogen) atoms. The number of hydrogen-bond acceptors (Lipinski definition) is 8. The summed E-state index contributed by atoms with van der Waals surface area (Å²) in [6.45, 7) is 0. The number of rotatable bonds is 5. The number of ether oxygens (including phenoxy) is 1. The molecule has 0 aromatic heterocycles. The highest BCUT2D eigenvalue weighted by atomic mass is 35.5. The number of amides is 4. The lowest BCUT2D eigenvalue weighted by molar-refractivity contribution is -0.173. The van der Waals surface area contributed by atoms with E-state index in [1.54, 1.807) is 36.4 Å². The number of fused-ring (bicyclic) bond motifs is 4. The number of methoxy groups -OCH3 is 1. The molecule has 4 aliphatic rings. The lowest BCUT2D eigenvalue weighted by Crippen LogP contribution is -2.53. The van der Waals surface area contributed by atoms with Crippen LogP contribution >= 0.6 is 11.6 Å². The highest BCUT2D eigenvalue weighted by Gasteiger charge is 2.70. The van der Waals surface area contributed by atoms with Crippen LogP contribution in [0.4, 0.5) is 10.1 Å². The zero-order valence-electron chi connectivity index (χ0n) is 23.8. The average Bonchev–Trinajstić information content (AvgIpc) is 3.38. The Balaban J connectivity index is 1.47. The summed E-state index contributed by atoms with van der Waals surface area (Å²) in [4.78, 5) is 55.5. The van der Waals surface area contributed by atoms with Crippen molar-refractivity contribution in [3.8, 4) is 11.5 Å². The second-order valence-electron chi connectivity index (χ2n) is 11.8. The lowest BCUT2D eigenvalue weighted by atomic mass is 9.49. The predicted octanol–water partition coefficient (Wildman–Crippen LogP) is 4.57. The van der Waals surface area contributed by atoms with E-state index in [1.165, 1.54) is 37.4 Å². The monoisotopic (exact) mass is 631 g/mol. The summed E-state index contributed by atoms with van der Waals surface area (Å²) in [5.74, 6) is -7.52. The van der Waals surface area contributed by atoms with Crippen molar-refractivity contribution >= 4 is 40.9 Å². The highest BCUT2D eigenvalue weighted by molar-refractivity contribution is 6.30. The zero-order chi connectivity index (χ0) is 31.8. The molecular weight excluding hydrogens is 605 g/mol. The molecule has 3 aromatic rings. The number of phenols is 1. The van der Waals surface area contributed by atoms with Crippen molar-refractivity contribution in [2.45, 2.75) is 24.2 Å². The Morgan fingerprint density at radius 2 is 1.67 bits per heavy atom. The summed E-state index contributed by atoms with van der Waals surface area (Å²) in [5, 5.41) is 22.7. The van der Waals surface area contributed by atoms with E-state index in [2.05, 4.69) is 5.43 Å². The number of hydrogen-bond donors (Lipinski definition) is 3. The van der Waals surface area contributed by atoms with Crippen LogP contribution in [0.15, 0.2) is 78.4 Å². The molecule has 2 heterocycles. The van der Waals surface area contributed by atoms with Gasteiger partial charge < -0.3 is 9.84 Å². The molecule has 10 nitrogen and oxygen atoms in total. The Hall–Kier alpha value is -4.74. The Morgan fingerprint density at radius 1 is 0.956 bits per heavy atom. The SMILES string of the molecule is COc1ccc([C@H]2C3=CC[C@@H]4C(=O)N(O)C(=O)[C@@H]4[C@@H]3C[C@H]3C(=O)N(Nc4ccc(F)cc4)C(=O)[C@@]23c2ccc(Cl)cc2)cc1O. The van der Waals surface area contributed by atoms with Crippen LogP contribution in [0, 0.1) is 29.5 Å². The number of allylic oxidation sites excluding steroid dienone is 2. The zero-order valence-corrected chi connectivity index (χ0v) is 24.6. The maximum absolute atomic E-state index is 14.9. The summed E-state index contributed by atoms with van der Waals surface area (Å²) in [6, 6.07) is 16.5. The van der Waals surface area contributed by atoms with Gasteiger partial charge in [-0.1, -0.05) is 41.4 Å². The number of benzene rings is 3. The third-order valence-electron chi connectivity index (χ3n) is 9.77. The summed E-state index contributed by atoms with van der Waals surface area (Å²) >= 11 is 6.27. The van der Waals surface area contributed by atoms with Crippen LogP contribution in [0.1, 0.15) is 29.9 Å². The molecule has 2 aliphatic heterocycles. The number of carbonyl (C=O) groups is 4. The number of halogens is 2. The molecule has 2 saturated heterocycles. The van der Waals surface area contributed by atoms with E-state index in [0.29, 0.717) is 27.4 Å². The molecular formula is C33H27ClFN3O7. The highest BCUT2D eigenvalue weighted by Crippen LogP contribution is 2.64. The van der Waals surface area contributed by atoms with Crippen LogP contribution in [0.25, 0.3) is 0 Å². The van der Waals surface area contributed by atoms with Crippen LogP contribution in [-0.2, 0) is 24.6 Å². The van der Waals surface area contributed by atoms with Gasteiger partial charge in [-0.25, -0.2) is 4.39 Å². The predicted molar refractivity (Wildman–Crippen MR) is 157 cm³/mol. The number of nitrogens with one attached hydrogen (secondary N) is 1. The molecule has 6 atom stereocenters. The van der Waals surface area contributed by atoms with Crippen LogP contribution < -0.4 is 10.2 Å². The third kappa shape index (κ3) is 4.10. The fourth-order valence-electron chi connectivity index (χ4n) is 7.90. The van der Waals surface area contributed by atoms with E-state index in [4.69, 9.17) is 16.3 Å². The van der Waals surface area contributed by atoms with Crippen molar-refractivity contribution in [2.24, 2.45) is 23.7 Å². The number of carbonyl (C=O) groups excluding carboxylic acids is 4. The molecule has 12 heteroatoms. The molecule has 0 bridgehead atoms. The summed E-state index contributed by atoms with van der Waals surface area (Å²) in [7, 11) is 1.40. The van der Waals surface area contributed by atoms with Crippen molar-refractivity contribution < 1.29 is 38.6 Å². The molecule has 230 valence electrons. The average molecular weight is 632 g/mol. The van der Waals surface area contributed by atoms with E-state index >= 15 is 0 Å². The smallest absolute Gasteiger partial charge is 0.260 e. The van der Waals surface area contributed by atoms with Crippen molar-refractivity contribution in [3.63, 3.8) is 0 Å². The number of phenolic OH excluding ortho intramolecular Hbond substituents is 1. The molecule has 0 unspecified atom stereocenters. The molecule has 3 N–H and O–H groups in total. The molecule has 3 aromatic carbocycles. The molecule has 1 saturated carbocycles. The normalized spacial score (nSPS) is 28.9. The first-order valence-corrected chi connectivity index (χ1v) is 14.8. The molecule has 7 rings (SSSR count). The van der Waals surface area contributed by atoms with E-state index in [0.717, 1.165) is 5.01 Å². The number of aromatic hydroxyl groups is 1. The van der Waals surface area contributed by atoms with Crippen LogP contribution in [0.5, 0.6) is 11.5 Å². The van der Waals surface area contributed by atoms with Crippen molar-refractivity contribution in [1.82, 2.24) is 10.1 Å². The number of hydroxylamine groups is 2. The van der Waals surface area contributed by atoms with Gasteiger partial charge in [-0.3, -0.25) is 29.8 Å². The van der Waals surface area contributed by atoms with Gasteiger partial charge in [0.05, 0.1) is 36.0 Å². The minimum Gasteiger partial charge on any atom is -0.504 e. The summed E-state index contributed by atoms with van der Waals surface area (Å²) in [6.07, 6.45) is 1.98. The first-order valence-electron chi connectivity index (χ1n) is 14.4. The fourth-order valence-corrected chi connectivity index (χ4v) is 8.03. The molecule has 3 fully saturated rings. The first-order chi connectivity index (χ1) is 21.6. The van der Waals surface area contributed by atoms with Gasteiger partial charge in [0.2, 0.25) is 0 Å². The quantitative estimate of drug-likeness (QED) is 0.212. The van der Waals surface area contributed by atoms with E-state index in [1.807, 2.05) is 6.08 Å². The van der Waals surface area contributed by atoms with Gasteiger partial charge in [0.25, 0.3) is 23.6 Å². The van der Waals surface area contributed by atoms with Crippen LogP contribution in [0.3, 0.4) is 0 Å². The largest absolute Gasteiger partial charge is 0.504 e.